The summed E-state index contributed by atoms with van der Waals surface area (Å²) in [4.78, 5) is 0. The van der Waals surface area contributed by atoms with E-state index in [9.17, 15) is 0 Å². The standard InChI is InChI=1S/C15H23NO/c1-14(2,3)11-15(8-9-16-15)12-6-5-7-13(10-12)17-4/h5-7,10,16H,8-9,11H2,1-4H3. The Hall–Kier alpha value is -1.02. The second-order valence-corrected chi connectivity index (χ2v) is 6.23. The molecular weight excluding hydrogens is 210 g/mol. The van der Waals surface area contributed by atoms with Gasteiger partial charge in [0.15, 0.2) is 0 Å². The van der Waals surface area contributed by atoms with Crippen LogP contribution in [0.5, 0.6) is 5.75 Å². The van der Waals surface area contributed by atoms with Gasteiger partial charge in [0.25, 0.3) is 0 Å². The Kier molecular flexibility index (Phi) is 3.17. The molecule has 0 saturated carbocycles. The van der Waals surface area contributed by atoms with Crippen molar-refractivity contribution < 1.29 is 4.74 Å². The summed E-state index contributed by atoms with van der Waals surface area (Å²) in [7, 11) is 1.73. The molecule has 1 aromatic rings. The van der Waals surface area contributed by atoms with E-state index in [4.69, 9.17) is 4.74 Å². The van der Waals surface area contributed by atoms with Crippen LogP contribution in [0, 0.1) is 5.41 Å². The number of nitrogens with one attached hydrogen (secondary N) is 1. The summed E-state index contributed by atoms with van der Waals surface area (Å²) in [6.45, 7) is 8.02. The third-order valence-electron chi connectivity index (χ3n) is 3.47. The smallest absolute Gasteiger partial charge is 0.119 e. The monoisotopic (exact) mass is 233 g/mol. The molecule has 2 heteroatoms. The van der Waals surface area contributed by atoms with Crippen LogP contribution in [0.25, 0.3) is 0 Å². The van der Waals surface area contributed by atoms with Crippen molar-refractivity contribution in [3.05, 3.63) is 29.8 Å². The molecule has 1 saturated heterocycles. The molecule has 1 fully saturated rings. The summed E-state index contributed by atoms with van der Waals surface area (Å²) in [6, 6.07) is 8.46. The minimum Gasteiger partial charge on any atom is -0.497 e. The minimum atomic E-state index is 0.160. The highest BCUT2D eigenvalue weighted by atomic mass is 16.5. The van der Waals surface area contributed by atoms with Crippen LogP contribution in [0.1, 0.15) is 39.2 Å². The summed E-state index contributed by atoms with van der Waals surface area (Å²) < 4.78 is 5.32. The average molecular weight is 233 g/mol. The first-order chi connectivity index (χ1) is 7.95. The molecule has 1 heterocycles. The average Bonchev–Trinajstić information content (AvgIpc) is 2.22. The van der Waals surface area contributed by atoms with Crippen molar-refractivity contribution in [3.63, 3.8) is 0 Å². The van der Waals surface area contributed by atoms with Crippen LogP contribution in [0.4, 0.5) is 0 Å². The molecule has 0 bridgehead atoms. The van der Waals surface area contributed by atoms with E-state index in [1.165, 1.54) is 12.0 Å². The van der Waals surface area contributed by atoms with Crippen LogP contribution in [-0.4, -0.2) is 13.7 Å². The van der Waals surface area contributed by atoms with Crippen molar-refractivity contribution >= 4 is 0 Å². The fraction of sp³-hybridized carbons (Fsp3) is 0.600. The van der Waals surface area contributed by atoms with Crippen molar-refractivity contribution in [2.24, 2.45) is 5.41 Å². The molecule has 1 N–H and O–H groups in total. The summed E-state index contributed by atoms with van der Waals surface area (Å²) in [5, 5.41) is 3.63. The van der Waals surface area contributed by atoms with Crippen molar-refractivity contribution in [2.45, 2.75) is 39.2 Å². The van der Waals surface area contributed by atoms with Crippen molar-refractivity contribution in [1.82, 2.24) is 5.32 Å². The SMILES string of the molecule is COc1cccc(C2(CC(C)(C)C)CCN2)c1. The molecule has 1 aliphatic rings. The molecule has 0 amide bonds. The van der Waals surface area contributed by atoms with Gasteiger partial charge < -0.3 is 10.1 Å². The van der Waals surface area contributed by atoms with Crippen LogP contribution in [-0.2, 0) is 5.54 Å². The Morgan fingerprint density at radius 1 is 1.35 bits per heavy atom. The fourth-order valence-corrected chi connectivity index (χ4v) is 2.75. The molecule has 1 atom stereocenters. The largest absolute Gasteiger partial charge is 0.497 e. The predicted molar refractivity (Wildman–Crippen MR) is 71.4 cm³/mol. The Balaban J connectivity index is 2.28. The molecule has 94 valence electrons. The van der Waals surface area contributed by atoms with Gasteiger partial charge in [-0.25, -0.2) is 0 Å². The zero-order valence-corrected chi connectivity index (χ0v) is 11.3. The summed E-state index contributed by atoms with van der Waals surface area (Å²) in [6.07, 6.45) is 2.38. The number of rotatable bonds is 3. The Morgan fingerprint density at radius 3 is 2.53 bits per heavy atom. The van der Waals surface area contributed by atoms with Crippen molar-refractivity contribution in [1.29, 1.82) is 0 Å². The highest BCUT2D eigenvalue weighted by Gasteiger charge is 2.41. The van der Waals surface area contributed by atoms with E-state index in [0.29, 0.717) is 5.41 Å². The van der Waals surface area contributed by atoms with Gasteiger partial charge in [-0.2, -0.15) is 0 Å². The highest BCUT2D eigenvalue weighted by Crippen LogP contribution is 2.42. The van der Waals surface area contributed by atoms with Gasteiger partial charge in [-0.15, -0.1) is 0 Å². The van der Waals surface area contributed by atoms with Crippen LogP contribution < -0.4 is 10.1 Å². The molecular formula is C15H23NO. The van der Waals surface area contributed by atoms with Gasteiger partial charge in [0, 0.05) is 5.54 Å². The number of benzene rings is 1. The Labute approximate surface area is 104 Å². The molecule has 0 spiro atoms. The van der Waals surface area contributed by atoms with Crippen LogP contribution in [0.15, 0.2) is 24.3 Å². The number of hydrogen-bond donors (Lipinski definition) is 1. The lowest BCUT2D eigenvalue weighted by molar-refractivity contribution is 0.131. The Bertz CT molecular complexity index is 388. The van der Waals surface area contributed by atoms with Crippen LogP contribution in [0.2, 0.25) is 0 Å². The number of hydrogen-bond acceptors (Lipinski definition) is 2. The van der Waals surface area contributed by atoms with Crippen molar-refractivity contribution in [3.8, 4) is 5.75 Å². The van der Waals surface area contributed by atoms with Gasteiger partial charge in [-0.1, -0.05) is 32.9 Å². The van der Waals surface area contributed by atoms with Gasteiger partial charge in [-0.05, 0) is 42.5 Å². The minimum absolute atomic E-state index is 0.160. The lowest BCUT2D eigenvalue weighted by Crippen LogP contribution is -2.55. The number of ether oxygens (including phenoxy) is 1. The van der Waals surface area contributed by atoms with Crippen LogP contribution >= 0.6 is 0 Å². The molecule has 2 nitrogen and oxygen atoms in total. The maximum Gasteiger partial charge on any atom is 0.119 e. The van der Waals surface area contributed by atoms with E-state index in [1.54, 1.807) is 7.11 Å². The first-order valence-electron chi connectivity index (χ1n) is 6.35. The summed E-state index contributed by atoms with van der Waals surface area (Å²) >= 11 is 0. The van der Waals surface area contributed by atoms with E-state index in [0.717, 1.165) is 18.7 Å². The van der Waals surface area contributed by atoms with Gasteiger partial charge in [0.05, 0.1) is 7.11 Å². The van der Waals surface area contributed by atoms with E-state index >= 15 is 0 Å². The summed E-state index contributed by atoms with van der Waals surface area (Å²) in [5.41, 5.74) is 1.85. The van der Waals surface area contributed by atoms with Gasteiger partial charge in [0.2, 0.25) is 0 Å². The molecule has 1 aliphatic heterocycles. The lowest BCUT2D eigenvalue weighted by atomic mass is 9.70. The van der Waals surface area contributed by atoms with Crippen molar-refractivity contribution in [2.75, 3.05) is 13.7 Å². The third-order valence-corrected chi connectivity index (χ3v) is 3.47. The Morgan fingerprint density at radius 2 is 2.06 bits per heavy atom. The molecule has 1 aromatic carbocycles. The molecule has 0 aromatic heterocycles. The second kappa shape index (κ2) is 4.34. The second-order valence-electron chi connectivity index (χ2n) is 6.23. The summed E-state index contributed by atoms with van der Waals surface area (Å²) in [5.74, 6) is 0.949. The normalized spacial score (nSPS) is 24.2. The maximum absolute atomic E-state index is 5.32. The zero-order chi connectivity index (χ0) is 12.5. The molecule has 17 heavy (non-hydrogen) atoms. The quantitative estimate of drug-likeness (QED) is 0.864. The maximum atomic E-state index is 5.32. The van der Waals surface area contributed by atoms with E-state index in [1.807, 2.05) is 6.07 Å². The van der Waals surface area contributed by atoms with Crippen LogP contribution in [0.3, 0.4) is 0 Å². The molecule has 2 rings (SSSR count). The van der Waals surface area contributed by atoms with E-state index < -0.39 is 0 Å². The highest BCUT2D eigenvalue weighted by molar-refractivity contribution is 5.35. The topological polar surface area (TPSA) is 21.3 Å². The molecule has 0 radical (unpaired) electrons. The third kappa shape index (κ3) is 2.63. The van der Waals surface area contributed by atoms with Gasteiger partial charge >= 0.3 is 0 Å². The fourth-order valence-electron chi connectivity index (χ4n) is 2.75. The first kappa shape index (κ1) is 12.4. The van der Waals surface area contributed by atoms with Gasteiger partial charge in [0.1, 0.15) is 5.75 Å². The zero-order valence-electron chi connectivity index (χ0n) is 11.3. The number of methoxy groups -OCH3 is 1. The van der Waals surface area contributed by atoms with E-state index in [2.05, 4.69) is 44.3 Å². The lowest BCUT2D eigenvalue weighted by Gasteiger charge is -2.47. The predicted octanol–water partition coefficient (Wildman–Crippen LogP) is 3.32. The first-order valence-corrected chi connectivity index (χ1v) is 6.35. The van der Waals surface area contributed by atoms with Gasteiger partial charge in [-0.3, -0.25) is 0 Å². The molecule has 0 aliphatic carbocycles. The van der Waals surface area contributed by atoms with E-state index in [-0.39, 0.29) is 5.54 Å². The molecule has 1 unspecified atom stereocenters.